The Labute approximate surface area is 98.7 Å². The van der Waals surface area contributed by atoms with Gasteiger partial charge < -0.3 is 4.52 Å². The van der Waals surface area contributed by atoms with Crippen LogP contribution >= 0.6 is 0 Å². The highest BCUT2D eigenvalue weighted by Crippen LogP contribution is 2.13. The van der Waals surface area contributed by atoms with Gasteiger partial charge in [0.05, 0.1) is 11.4 Å². The third kappa shape index (κ3) is 2.69. The summed E-state index contributed by atoms with van der Waals surface area (Å²) in [5, 5.41) is 3.52. The summed E-state index contributed by atoms with van der Waals surface area (Å²) >= 11 is 0. The maximum absolute atomic E-state index is 12.0. The van der Waals surface area contributed by atoms with Crippen LogP contribution in [0.5, 0.6) is 0 Å². The van der Waals surface area contributed by atoms with Crippen LogP contribution in [-0.4, -0.2) is 18.6 Å². The highest BCUT2D eigenvalue weighted by atomic mass is 32.2. The number of sulfonamides is 1. The second-order valence-electron chi connectivity index (χ2n) is 3.44. The molecule has 1 heterocycles. The lowest BCUT2D eigenvalue weighted by atomic mass is 10.2. The summed E-state index contributed by atoms with van der Waals surface area (Å²) in [6, 6.07) is 6.75. The summed E-state index contributed by atoms with van der Waals surface area (Å²) in [5.74, 6) is 0.294. The molecule has 0 aliphatic carbocycles. The van der Waals surface area contributed by atoms with Crippen LogP contribution in [0.25, 0.3) is 0 Å². The van der Waals surface area contributed by atoms with Crippen LogP contribution in [0.1, 0.15) is 11.4 Å². The summed E-state index contributed by atoms with van der Waals surface area (Å²) < 4.78 is 30.8. The molecule has 0 fully saturated rings. The Bertz CT molecular complexity index is 593. The number of aromatic nitrogens is 2. The van der Waals surface area contributed by atoms with Crippen LogP contribution in [0.15, 0.2) is 40.1 Å². The quantitative estimate of drug-likeness (QED) is 0.873. The van der Waals surface area contributed by atoms with Gasteiger partial charge in [0.1, 0.15) is 0 Å². The maximum Gasteiger partial charge on any atom is 0.241 e. The van der Waals surface area contributed by atoms with Gasteiger partial charge in [0.15, 0.2) is 5.82 Å². The van der Waals surface area contributed by atoms with Crippen molar-refractivity contribution in [3.63, 3.8) is 0 Å². The lowest BCUT2D eigenvalue weighted by Crippen LogP contribution is -2.24. The van der Waals surface area contributed by atoms with E-state index >= 15 is 0 Å². The van der Waals surface area contributed by atoms with E-state index in [4.69, 9.17) is 0 Å². The van der Waals surface area contributed by atoms with Crippen molar-refractivity contribution in [3.05, 3.63) is 42.0 Å². The molecule has 0 saturated heterocycles. The molecule has 6 nitrogen and oxygen atoms in total. The van der Waals surface area contributed by atoms with Gasteiger partial charge in [-0.25, -0.2) is 13.1 Å². The van der Waals surface area contributed by atoms with Crippen molar-refractivity contribution >= 4 is 10.0 Å². The normalized spacial score (nSPS) is 11.6. The first-order chi connectivity index (χ1) is 8.09. The van der Waals surface area contributed by atoms with Crippen molar-refractivity contribution < 1.29 is 12.9 Å². The highest BCUT2D eigenvalue weighted by molar-refractivity contribution is 7.89. The third-order valence-electron chi connectivity index (χ3n) is 2.21. The van der Waals surface area contributed by atoms with Crippen LogP contribution < -0.4 is 4.72 Å². The fourth-order valence-corrected chi connectivity index (χ4v) is 2.59. The predicted octanol–water partition coefficient (Wildman–Crippen LogP) is 0.857. The molecular formula is C10H11N3O3S. The van der Waals surface area contributed by atoms with Crippen LogP contribution in [0.4, 0.5) is 0 Å². The molecule has 0 unspecified atom stereocenters. The predicted molar refractivity (Wildman–Crippen MR) is 59.5 cm³/mol. The van der Waals surface area contributed by atoms with E-state index in [0.29, 0.717) is 11.4 Å². The monoisotopic (exact) mass is 253 g/mol. The zero-order valence-electron chi connectivity index (χ0n) is 9.12. The molecule has 2 aromatic rings. The van der Waals surface area contributed by atoms with Gasteiger partial charge in [0, 0.05) is 0 Å². The number of rotatable bonds is 4. The molecule has 0 atom stereocenters. The molecule has 0 saturated carbocycles. The van der Waals surface area contributed by atoms with E-state index in [-0.39, 0.29) is 11.4 Å². The van der Waals surface area contributed by atoms with Crippen molar-refractivity contribution in [1.29, 1.82) is 0 Å². The Balaban J connectivity index is 2.17. The van der Waals surface area contributed by atoms with Gasteiger partial charge in [-0.1, -0.05) is 23.4 Å². The van der Waals surface area contributed by atoms with Gasteiger partial charge in [-0.3, -0.25) is 0 Å². The van der Waals surface area contributed by atoms with Crippen molar-refractivity contribution in [2.45, 2.75) is 18.4 Å². The minimum atomic E-state index is -3.54. The van der Waals surface area contributed by atoms with Gasteiger partial charge in [-0.05, 0) is 18.6 Å². The summed E-state index contributed by atoms with van der Waals surface area (Å²) in [6.45, 7) is 1.75. The minimum absolute atomic E-state index is 0.00711. The second-order valence-corrected chi connectivity index (χ2v) is 5.17. The SMILES string of the molecule is Cc1ccccc1S(=O)(=O)NCc1ncon1. The number of nitrogens with one attached hydrogen (secondary N) is 1. The summed E-state index contributed by atoms with van der Waals surface area (Å²) in [6.07, 6.45) is 1.15. The zero-order valence-corrected chi connectivity index (χ0v) is 9.94. The van der Waals surface area contributed by atoms with Crippen molar-refractivity contribution in [2.24, 2.45) is 0 Å². The Morgan fingerprint density at radius 3 is 2.76 bits per heavy atom. The lowest BCUT2D eigenvalue weighted by Gasteiger charge is -2.07. The molecule has 1 N–H and O–H groups in total. The molecule has 0 aliphatic rings. The van der Waals surface area contributed by atoms with E-state index < -0.39 is 10.0 Å². The smallest absolute Gasteiger partial charge is 0.241 e. The fourth-order valence-electron chi connectivity index (χ4n) is 1.37. The lowest BCUT2D eigenvalue weighted by molar-refractivity contribution is 0.409. The zero-order chi connectivity index (χ0) is 12.3. The first-order valence-electron chi connectivity index (χ1n) is 4.90. The average molecular weight is 253 g/mol. The summed E-state index contributed by atoms with van der Waals surface area (Å²) in [4.78, 5) is 3.98. The van der Waals surface area contributed by atoms with Crippen molar-refractivity contribution in [3.8, 4) is 0 Å². The third-order valence-corrected chi connectivity index (χ3v) is 3.77. The van der Waals surface area contributed by atoms with E-state index in [9.17, 15) is 8.42 Å². The van der Waals surface area contributed by atoms with E-state index in [2.05, 4.69) is 19.4 Å². The molecule has 1 aromatic carbocycles. The second kappa shape index (κ2) is 4.64. The topological polar surface area (TPSA) is 85.1 Å². The Hall–Kier alpha value is -1.73. The number of aryl methyl sites for hydroxylation is 1. The van der Waals surface area contributed by atoms with Crippen LogP contribution in [0.2, 0.25) is 0 Å². The summed E-state index contributed by atoms with van der Waals surface area (Å²) in [5.41, 5.74) is 0.688. The van der Waals surface area contributed by atoms with E-state index in [1.165, 1.54) is 0 Å². The molecule has 0 spiro atoms. The standard InChI is InChI=1S/C10H11N3O3S/c1-8-4-2-3-5-9(8)17(14,15)12-6-10-11-7-16-13-10/h2-5,7,12H,6H2,1H3. The fraction of sp³-hybridized carbons (Fsp3) is 0.200. The largest absolute Gasteiger partial charge is 0.343 e. The van der Waals surface area contributed by atoms with Gasteiger partial charge in [0.25, 0.3) is 0 Å². The molecule has 0 radical (unpaired) electrons. The number of nitrogens with zero attached hydrogens (tertiary/aromatic N) is 2. The van der Waals surface area contributed by atoms with E-state index in [1.807, 2.05) is 0 Å². The van der Waals surface area contributed by atoms with Crippen LogP contribution in [0, 0.1) is 6.92 Å². The molecule has 7 heteroatoms. The molecule has 17 heavy (non-hydrogen) atoms. The van der Waals surface area contributed by atoms with E-state index in [1.54, 1.807) is 31.2 Å². The Morgan fingerprint density at radius 2 is 2.12 bits per heavy atom. The Morgan fingerprint density at radius 1 is 1.35 bits per heavy atom. The van der Waals surface area contributed by atoms with Gasteiger partial charge in [-0.2, -0.15) is 4.98 Å². The minimum Gasteiger partial charge on any atom is -0.343 e. The average Bonchev–Trinajstić information content (AvgIpc) is 2.80. The van der Waals surface area contributed by atoms with Crippen LogP contribution in [-0.2, 0) is 16.6 Å². The van der Waals surface area contributed by atoms with Gasteiger partial charge in [0.2, 0.25) is 16.4 Å². The summed E-state index contributed by atoms with van der Waals surface area (Å²) in [7, 11) is -3.54. The molecule has 0 aliphatic heterocycles. The van der Waals surface area contributed by atoms with Gasteiger partial charge in [-0.15, -0.1) is 0 Å². The molecule has 1 aromatic heterocycles. The molecule has 0 amide bonds. The van der Waals surface area contributed by atoms with Crippen molar-refractivity contribution in [2.75, 3.05) is 0 Å². The first-order valence-corrected chi connectivity index (χ1v) is 6.38. The number of hydrogen-bond donors (Lipinski definition) is 1. The number of benzene rings is 1. The Kier molecular flexibility index (Phi) is 3.21. The first kappa shape index (κ1) is 11.7. The van der Waals surface area contributed by atoms with Crippen LogP contribution in [0.3, 0.4) is 0 Å². The molecule has 0 bridgehead atoms. The molecule has 90 valence electrons. The molecular weight excluding hydrogens is 242 g/mol. The van der Waals surface area contributed by atoms with Gasteiger partial charge >= 0.3 is 0 Å². The number of hydrogen-bond acceptors (Lipinski definition) is 5. The van der Waals surface area contributed by atoms with E-state index in [0.717, 1.165) is 6.39 Å². The van der Waals surface area contributed by atoms with Crippen molar-refractivity contribution in [1.82, 2.24) is 14.9 Å². The molecule has 2 rings (SSSR count). The highest BCUT2D eigenvalue weighted by Gasteiger charge is 2.16. The maximum atomic E-state index is 12.0.